The highest BCUT2D eigenvalue weighted by Crippen LogP contribution is 2.08. The largest absolute Gasteiger partial charge is 0.271 e. The summed E-state index contributed by atoms with van der Waals surface area (Å²) in [7, 11) is -3.79. The van der Waals surface area contributed by atoms with Crippen LogP contribution < -0.4 is 10.6 Å². The average molecular weight is 321 g/mol. The van der Waals surface area contributed by atoms with Crippen LogP contribution in [0.4, 0.5) is 4.39 Å². The van der Waals surface area contributed by atoms with Gasteiger partial charge in [0.05, 0.1) is 11.1 Å². The third-order valence-electron chi connectivity index (χ3n) is 2.69. The van der Waals surface area contributed by atoms with E-state index in [1.54, 1.807) is 0 Å². The second-order valence-corrected chi connectivity index (χ2v) is 5.88. The first-order valence-electron chi connectivity index (χ1n) is 6.08. The molecule has 3 N–H and O–H groups in total. The van der Waals surface area contributed by atoms with E-state index in [1.807, 2.05) is 0 Å². The molecule has 114 valence electrons. The van der Waals surface area contributed by atoms with Crippen molar-refractivity contribution in [3.05, 3.63) is 65.5 Å². The van der Waals surface area contributed by atoms with E-state index in [9.17, 15) is 17.6 Å². The Morgan fingerprint density at radius 1 is 1.09 bits per heavy atom. The molecule has 2 aromatic rings. The van der Waals surface area contributed by atoms with Crippen LogP contribution in [0, 0.1) is 5.82 Å². The van der Waals surface area contributed by atoms with Crippen LogP contribution >= 0.6 is 0 Å². The number of nitrogens with one attached hydrogen (secondary N) is 1. The van der Waals surface area contributed by atoms with Gasteiger partial charge in [-0.3, -0.25) is 4.79 Å². The Kier molecular flexibility index (Phi) is 4.64. The van der Waals surface area contributed by atoms with Gasteiger partial charge >= 0.3 is 0 Å². The molecular formula is C14H12FN3O3S. The number of nitrogens with two attached hydrogens (primary N) is 1. The monoisotopic (exact) mass is 321 g/mol. The summed E-state index contributed by atoms with van der Waals surface area (Å²) in [5, 5.41) is 8.69. The molecule has 0 saturated heterocycles. The Labute approximate surface area is 126 Å². The number of hydrazone groups is 1. The zero-order valence-corrected chi connectivity index (χ0v) is 12.0. The lowest BCUT2D eigenvalue weighted by molar-refractivity contribution is 0.0955. The van der Waals surface area contributed by atoms with Crippen LogP contribution in [0.5, 0.6) is 0 Å². The standard InChI is InChI=1S/C14H12FN3O3S/c15-12-5-1-10(2-6-12)9-17-18-14(19)11-3-7-13(8-4-11)22(16,20)21/h1-9H,(H,18,19)(H2,16,20,21)/b17-9-. The number of hydrogen-bond donors (Lipinski definition) is 2. The molecule has 0 atom stereocenters. The first kappa shape index (κ1) is 15.8. The van der Waals surface area contributed by atoms with Gasteiger partial charge in [0.15, 0.2) is 0 Å². The highest BCUT2D eigenvalue weighted by atomic mass is 32.2. The molecule has 2 rings (SSSR count). The van der Waals surface area contributed by atoms with Gasteiger partial charge in [-0.25, -0.2) is 23.4 Å². The molecule has 6 nitrogen and oxygen atoms in total. The number of halogens is 1. The smallest absolute Gasteiger partial charge is 0.267 e. The Morgan fingerprint density at radius 3 is 2.23 bits per heavy atom. The van der Waals surface area contributed by atoms with Gasteiger partial charge in [-0.15, -0.1) is 0 Å². The van der Waals surface area contributed by atoms with Crippen molar-refractivity contribution >= 4 is 22.1 Å². The van der Waals surface area contributed by atoms with Crippen molar-refractivity contribution < 1.29 is 17.6 Å². The quantitative estimate of drug-likeness (QED) is 0.654. The van der Waals surface area contributed by atoms with Gasteiger partial charge in [0.25, 0.3) is 5.91 Å². The third kappa shape index (κ3) is 4.21. The predicted octanol–water partition coefficient (Wildman–Crippen LogP) is 1.24. The number of carbonyl (C=O) groups is 1. The Hall–Kier alpha value is -2.58. The van der Waals surface area contributed by atoms with E-state index in [4.69, 9.17) is 5.14 Å². The van der Waals surface area contributed by atoms with Gasteiger partial charge in [0, 0.05) is 5.56 Å². The second kappa shape index (κ2) is 6.46. The maximum absolute atomic E-state index is 12.7. The van der Waals surface area contributed by atoms with Crippen molar-refractivity contribution in [3.8, 4) is 0 Å². The number of benzene rings is 2. The van der Waals surface area contributed by atoms with E-state index in [-0.39, 0.29) is 16.3 Å². The molecule has 0 saturated carbocycles. The normalized spacial score (nSPS) is 11.5. The van der Waals surface area contributed by atoms with Crippen molar-refractivity contribution in [2.24, 2.45) is 10.2 Å². The fourth-order valence-electron chi connectivity index (χ4n) is 1.57. The van der Waals surface area contributed by atoms with Crippen molar-refractivity contribution in [2.45, 2.75) is 4.90 Å². The number of rotatable bonds is 4. The van der Waals surface area contributed by atoms with E-state index in [0.717, 1.165) is 0 Å². The molecule has 0 bridgehead atoms. The number of carbonyl (C=O) groups excluding carboxylic acids is 1. The summed E-state index contributed by atoms with van der Waals surface area (Å²) in [5.41, 5.74) is 3.12. The average Bonchev–Trinajstić information content (AvgIpc) is 2.48. The van der Waals surface area contributed by atoms with Crippen molar-refractivity contribution in [3.63, 3.8) is 0 Å². The van der Waals surface area contributed by atoms with Crippen LogP contribution in [0.1, 0.15) is 15.9 Å². The summed E-state index contributed by atoms with van der Waals surface area (Å²) in [6.45, 7) is 0. The fraction of sp³-hybridized carbons (Fsp3) is 0. The molecule has 0 fully saturated rings. The molecular weight excluding hydrogens is 309 g/mol. The van der Waals surface area contributed by atoms with Gasteiger partial charge in [-0.2, -0.15) is 5.10 Å². The van der Waals surface area contributed by atoms with Crippen molar-refractivity contribution in [2.75, 3.05) is 0 Å². The van der Waals surface area contributed by atoms with Gasteiger partial charge in [0.2, 0.25) is 10.0 Å². The summed E-state index contributed by atoms with van der Waals surface area (Å²) in [6.07, 6.45) is 1.36. The molecule has 0 aliphatic heterocycles. The molecule has 0 unspecified atom stereocenters. The molecule has 0 aliphatic rings. The third-order valence-corrected chi connectivity index (χ3v) is 3.62. The summed E-state index contributed by atoms with van der Waals surface area (Å²) in [5.74, 6) is -0.879. The summed E-state index contributed by atoms with van der Waals surface area (Å²) in [6, 6.07) is 10.7. The van der Waals surface area contributed by atoms with E-state index >= 15 is 0 Å². The fourth-order valence-corrected chi connectivity index (χ4v) is 2.09. The molecule has 0 aromatic heterocycles. The SMILES string of the molecule is NS(=O)(=O)c1ccc(C(=O)N/N=C\c2ccc(F)cc2)cc1. The van der Waals surface area contributed by atoms with Gasteiger partial charge in [-0.1, -0.05) is 12.1 Å². The zero-order chi connectivity index (χ0) is 16.2. The molecule has 0 radical (unpaired) electrons. The minimum Gasteiger partial charge on any atom is -0.267 e. The molecule has 0 heterocycles. The summed E-state index contributed by atoms with van der Waals surface area (Å²) in [4.78, 5) is 11.7. The second-order valence-electron chi connectivity index (χ2n) is 4.32. The molecule has 0 aliphatic carbocycles. The summed E-state index contributed by atoms with van der Waals surface area (Å²) >= 11 is 0. The van der Waals surface area contributed by atoms with Crippen LogP contribution in [0.25, 0.3) is 0 Å². The highest BCUT2D eigenvalue weighted by molar-refractivity contribution is 7.89. The number of hydrogen-bond acceptors (Lipinski definition) is 4. The number of sulfonamides is 1. The number of amides is 1. The Balaban J connectivity index is 2.02. The van der Waals surface area contributed by atoms with Crippen LogP contribution in [0.2, 0.25) is 0 Å². The maximum Gasteiger partial charge on any atom is 0.271 e. The van der Waals surface area contributed by atoms with Gasteiger partial charge in [0.1, 0.15) is 5.82 Å². The zero-order valence-electron chi connectivity index (χ0n) is 11.2. The minimum absolute atomic E-state index is 0.0844. The van der Waals surface area contributed by atoms with Gasteiger partial charge < -0.3 is 0 Å². The Bertz CT molecular complexity index is 800. The minimum atomic E-state index is -3.79. The first-order chi connectivity index (χ1) is 10.4. The maximum atomic E-state index is 12.7. The van der Waals surface area contributed by atoms with Crippen molar-refractivity contribution in [1.82, 2.24) is 5.43 Å². The molecule has 8 heteroatoms. The number of nitrogens with zero attached hydrogens (tertiary/aromatic N) is 1. The van der Waals surface area contributed by atoms with E-state index in [1.165, 1.54) is 54.7 Å². The van der Waals surface area contributed by atoms with Gasteiger partial charge in [-0.05, 0) is 42.0 Å². The lowest BCUT2D eigenvalue weighted by atomic mass is 10.2. The number of primary sulfonamides is 1. The van der Waals surface area contributed by atoms with E-state index < -0.39 is 15.9 Å². The van der Waals surface area contributed by atoms with Crippen LogP contribution in [-0.2, 0) is 10.0 Å². The molecule has 2 aromatic carbocycles. The van der Waals surface area contributed by atoms with Crippen LogP contribution in [-0.4, -0.2) is 20.5 Å². The van der Waals surface area contributed by atoms with Crippen molar-refractivity contribution in [1.29, 1.82) is 0 Å². The Morgan fingerprint density at radius 2 is 1.68 bits per heavy atom. The van der Waals surface area contributed by atoms with Crippen LogP contribution in [0.3, 0.4) is 0 Å². The summed E-state index contributed by atoms with van der Waals surface area (Å²) < 4.78 is 34.9. The predicted molar refractivity (Wildman–Crippen MR) is 79.3 cm³/mol. The van der Waals surface area contributed by atoms with E-state index in [0.29, 0.717) is 5.56 Å². The van der Waals surface area contributed by atoms with E-state index in [2.05, 4.69) is 10.5 Å². The topological polar surface area (TPSA) is 102 Å². The molecule has 1 amide bonds. The molecule has 22 heavy (non-hydrogen) atoms. The lowest BCUT2D eigenvalue weighted by Gasteiger charge is -2.01. The van der Waals surface area contributed by atoms with Crippen LogP contribution in [0.15, 0.2) is 58.5 Å². The molecule has 0 spiro atoms. The first-order valence-corrected chi connectivity index (χ1v) is 7.63. The highest BCUT2D eigenvalue weighted by Gasteiger charge is 2.09. The lowest BCUT2D eigenvalue weighted by Crippen LogP contribution is -2.18.